The molecule has 2 aliphatic heterocycles. The van der Waals surface area contributed by atoms with E-state index in [1.807, 2.05) is 51.1 Å². The van der Waals surface area contributed by atoms with Crippen LogP contribution in [0.4, 0.5) is 0 Å². The molecule has 28 heavy (non-hydrogen) atoms. The quantitative estimate of drug-likeness (QED) is 0.777. The molecule has 6 nitrogen and oxygen atoms in total. The van der Waals surface area contributed by atoms with Gasteiger partial charge in [-0.25, -0.2) is 0 Å². The van der Waals surface area contributed by atoms with E-state index in [0.29, 0.717) is 26.1 Å². The standard InChI is InChI=1S/C22H32O6/c1-14-10-20(24)15(2)22(27-14)16(3)21(26-17(4)23)11-19(28-22)13-25-12-18-8-6-5-7-9-18/h5-9,14-16,19-21,24H,10-13H2,1-4H3/t14-,15-,16+,19+,20+,21+,22+/m0/s1. The predicted molar refractivity (Wildman–Crippen MR) is 103 cm³/mol. The Morgan fingerprint density at radius 3 is 2.54 bits per heavy atom. The second-order valence-corrected chi connectivity index (χ2v) is 8.15. The molecule has 3 rings (SSSR count). The van der Waals surface area contributed by atoms with Crippen molar-refractivity contribution in [2.24, 2.45) is 11.8 Å². The zero-order valence-corrected chi connectivity index (χ0v) is 17.2. The molecule has 2 aliphatic rings. The summed E-state index contributed by atoms with van der Waals surface area (Å²) in [5.74, 6) is -1.77. The number of carbonyl (C=O) groups excluding carboxylic acids is 1. The molecule has 6 heteroatoms. The first-order valence-corrected chi connectivity index (χ1v) is 10.1. The lowest BCUT2D eigenvalue weighted by molar-refractivity contribution is -0.384. The van der Waals surface area contributed by atoms with Gasteiger partial charge in [0.05, 0.1) is 31.5 Å². The van der Waals surface area contributed by atoms with E-state index < -0.39 is 11.9 Å². The SMILES string of the molecule is CC(=O)O[C@@H]1C[C@H](COCc2ccccc2)O[C@@]2(O[C@@H](C)C[C@@H](O)[C@@H]2C)[C@@H]1C. The Balaban J connectivity index is 1.74. The van der Waals surface area contributed by atoms with E-state index in [-0.39, 0.29) is 36.1 Å². The van der Waals surface area contributed by atoms with Gasteiger partial charge in [-0.3, -0.25) is 4.79 Å². The van der Waals surface area contributed by atoms with Gasteiger partial charge in [-0.15, -0.1) is 0 Å². The molecule has 0 bridgehead atoms. The van der Waals surface area contributed by atoms with Crippen molar-refractivity contribution in [2.75, 3.05) is 6.61 Å². The van der Waals surface area contributed by atoms with Gasteiger partial charge in [0.2, 0.25) is 0 Å². The van der Waals surface area contributed by atoms with Gasteiger partial charge in [0.1, 0.15) is 6.10 Å². The van der Waals surface area contributed by atoms with E-state index in [1.54, 1.807) is 0 Å². The van der Waals surface area contributed by atoms with Crippen LogP contribution < -0.4 is 0 Å². The lowest BCUT2D eigenvalue weighted by Gasteiger charge is -2.55. The molecule has 2 heterocycles. The first-order chi connectivity index (χ1) is 13.3. The topological polar surface area (TPSA) is 74.2 Å². The number of benzene rings is 1. The summed E-state index contributed by atoms with van der Waals surface area (Å²) in [5, 5.41) is 10.6. The Bertz CT molecular complexity index is 650. The molecular formula is C22H32O6. The van der Waals surface area contributed by atoms with E-state index in [9.17, 15) is 9.90 Å². The lowest BCUT2D eigenvalue weighted by atomic mass is 9.75. The van der Waals surface area contributed by atoms with Crippen LogP contribution in [0.25, 0.3) is 0 Å². The number of carbonyl (C=O) groups is 1. The van der Waals surface area contributed by atoms with E-state index in [1.165, 1.54) is 6.92 Å². The summed E-state index contributed by atoms with van der Waals surface area (Å²) in [6, 6.07) is 9.94. The van der Waals surface area contributed by atoms with Crippen molar-refractivity contribution in [2.45, 2.75) is 77.3 Å². The van der Waals surface area contributed by atoms with Crippen LogP contribution in [0.15, 0.2) is 30.3 Å². The maximum absolute atomic E-state index is 11.7. The summed E-state index contributed by atoms with van der Waals surface area (Å²) in [6.07, 6.45) is -0.214. The second kappa shape index (κ2) is 8.91. The number of hydrogen-bond donors (Lipinski definition) is 1. The van der Waals surface area contributed by atoms with Gasteiger partial charge in [0.25, 0.3) is 0 Å². The summed E-state index contributed by atoms with van der Waals surface area (Å²) in [5.41, 5.74) is 1.09. The van der Waals surface area contributed by atoms with Gasteiger partial charge < -0.3 is 24.1 Å². The molecule has 0 aromatic heterocycles. The largest absolute Gasteiger partial charge is 0.462 e. The highest BCUT2D eigenvalue weighted by Gasteiger charge is 2.57. The van der Waals surface area contributed by atoms with Crippen molar-refractivity contribution in [3.05, 3.63) is 35.9 Å². The van der Waals surface area contributed by atoms with Crippen molar-refractivity contribution in [1.82, 2.24) is 0 Å². The number of aliphatic hydroxyl groups is 1. The Hall–Kier alpha value is -1.47. The number of rotatable bonds is 5. The van der Waals surface area contributed by atoms with Crippen LogP contribution >= 0.6 is 0 Å². The molecule has 0 amide bonds. The highest BCUT2D eigenvalue weighted by atomic mass is 16.7. The van der Waals surface area contributed by atoms with Gasteiger partial charge in [-0.2, -0.15) is 0 Å². The van der Waals surface area contributed by atoms with Gasteiger partial charge >= 0.3 is 5.97 Å². The van der Waals surface area contributed by atoms with Crippen LogP contribution in [0, 0.1) is 11.8 Å². The Labute approximate surface area is 167 Å². The van der Waals surface area contributed by atoms with Crippen LogP contribution in [0.2, 0.25) is 0 Å². The summed E-state index contributed by atoms with van der Waals surface area (Å²) < 4.78 is 24.2. The molecule has 1 aromatic rings. The first-order valence-electron chi connectivity index (χ1n) is 10.1. The maximum atomic E-state index is 11.7. The van der Waals surface area contributed by atoms with Crippen molar-refractivity contribution in [1.29, 1.82) is 0 Å². The number of esters is 1. The first kappa shape index (κ1) is 21.2. The fourth-order valence-corrected chi connectivity index (χ4v) is 4.43. The highest BCUT2D eigenvalue weighted by Crippen LogP contribution is 2.47. The summed E-state index contributed by atoms with van der Waals surface area (Å²) in [4.78, 5) is 11.7. The van der Waals surface area contributed by atoms with Crippen molar-refractivity contribution in [3.8, 4) is 0 Å². The zero-order valence-electron chi connectivity index (χ0n) is 17.2. The van der Waals surface area contributed by atoms with Gasteiger partial charge in [0, 0.05) is 25.2 Å². The summed E-state index contributed by atoms with van der Waals surface area (Å²) >= 11 is 0. The molecule has 1 aromatic carbocycles. The van der Waals surface area contributed by atoms with Crippen molar-refractivity contribution in [3.63, 3.8) is 0 Å². The Morgan fingerprint density at radius 2 is 1.86 bits per heavy atom. The third-order valence-corrected chi connectivity index (χ3v) is 5.94. The third-order valence-electron chi connectivity index (χ3n) is 5.94. The fraction of sp³-hybridized carbons (Fsp3) is 0.682. The molecule has 2 saturated heterocycles. The normalized spacial score (nSPS) is 38.3. The van der Waals surface area contributed by atoms with Crippen molar-refractivity contribution >= 4 is 5.97 Å². The van der Waals surface area contributed by atoms with Crippen LogP contribution in [-0.4, -0.2) is 47.9 Å². The predicted octanol–water partition coefficient (Wildman–Crippen LogP) is 3.06. The van der Waals surface area contributed by atoms with Crippen LogP contribution in [-0.2, 0) is 30.3 Å². The molecule has 156 valence electrons. The van der Waals surface area contributed by atoms with Crippen LogP contribution in [0.3, 0.4) is 0 Å². The molecule has 0 aliphatic carbocycles. The molecule has 1 N–H and O–H groups in total. The second-order valence-electron chi connectivity index (χ2n) is 8.15. The molecule has 0 unspecified atom stereocenters. The van der Waals surface area contributed by atoms with Crippen LogP contribution in [0.1, 0.15) is 46.1 Å². The van der Waals surface area contributed by atoms with Gasteiger partial charge in [-0.1, -0.05) is 44.2 Å². The minimum absolute atomic E-state index is 0.143. The monoisotopic (exact) mass is 392 g/mol. The molecule has 2 fully saturated rings. The number of aliphatic hydroxyl groups excluding tert-OH is 1. The molecule has 0 radical (unpaired) electrons. The Kier molecular flexibility index (Phi) is 6.76. The average molecular weight is 392 g/mol. The van der Waals surface area contributed by atoms with E-state index in [4.69, 9.17) is 18.9 Å². The molecule has 0 saturated carbocycles. The van der Waals surface area contributed by atoms with Gasteiger partial charge in [0.15, 0.2) is 5.79 Å². The smallest absolute Gasteiger partial charge is 0.302 e. The molecular weight excluding hydrogens is 360 g/mol. The zero-order chi connectivity index (χ0) is 20.3. The summed E-state index contributed by atoms with van der Waals surface area (Å²) in [7, 11) is 0. The third kappa shape index (κ3) is 4.57. The minimum Gasteiger partial charge on any atom is -0.462 e. The number of hydrogen-bond acceptors (Lipinski definition) is 6. The Morgan fingerprint density at radius 1 is 1.14 bits per heavy atom. The van der Waals surface area contributed by atoms with Crippen LogP contribution in [0.5, 0.6) is 0 Å². The van der Waals surface area contributed by atoms with Crippen molar-refractivity contribution < 1.29 is 28.8 Å². The molecule has 1 spiro atoms. The van der Waals surface area contributed by atoms with E-state index in [0.717, 1.165) is 5.56 Å². The minimum atomic E-state index is -1.00. The van der Waals surface area contributed by atoms with Gasteiger partial charge in [-0.05, 0) is 18.9 Å². The highest BCUT2D eigenvalue weighted by molar-refractivity contribution is 5.66. The summed E-state index contributed by atoms with van der Waals surface area (Å²) in [6.45, 7) is 8.10. The van der Waals surface area contributed by atoms with E-state index in [2.05, 4.69) is 0 Å². The average Bonchev–Trinajstić information content (AvgIpc) is 2.64. The lowest BCUT2D eigenvalue weighted by Crippen LogP contribution is -2.65. The molecule has 7 atom stereocenters. The maximum Gasteiger partial charge on any atom is 0.302 e. The number of ether oxygens (including phenoxy) is 4. The van der Waals surface area contributed by atoms with E-state index >= 15 is 0 Å². The fourth-order valence-electron chi connectivity index (χ4n) is 4.43.